The van der Waals surface area contributed by atoms with E-state index >= 15 is 0 Å². The summed E-state index contributed by atoms with van der Waals surface area (Å²) in [6, 6.07) is 8.52. The van der Waals surface area contributed by atoms with Crippen LogP contribution in [0.4, 0.5) is 0 Å². The molecule has 0 spiro atoms. The zero-order chi connectivity index (χ0) is 13.7. The van der Waals surface area contributed by atoms with Gasteiger partial charge in [-0.25, -0.2) is 4.79 Å². The van der Waals surface area contributed by atoms with Gasteiger partial charge < -0.3 is 4.74 Å². The molecule has 0 saturated heterocycles. The first-order valence-corrected chi connectivity index (χ1v) is 5.97. The summed E-state index contributed by atoms with van der Waals surface area (Å²) in [4.78, 5) is 22.8. The lowest BCUT2D eigenvalue weighted by molar-refractivity contribution is -0.146. The molecule has 19 heavy (non-hydrogen) atoms. The highest BCUT2D eigenvalue weighted by molar-refractivity contribution is 5.79. The van der Waals surface area contributed by atoms with Crippen LogP contribution in [-0.4, -0.2) is 28.6 Å². The molecular formula is C14H14N2O3. The fraction of sp³-hybridized carbons (Fsp3) is 0.214. The Morgan fingerprint density at radius 2 is 2.16 bits per heavy atom. The van der Waals surface area contributed by atoms with E-state index in [-0.39, 0.29) is 0 Å². The number of hydrogen-bond acceptors (Lipinski definition) is 4. The number of hydrogen-bond donors (Lipinski definition) is 0. The number of rotatable bonds is 5. The van der Waals surface area contributed by atoms with Crippen LogP contribution in [0, 0.1) is 0 Å². The van der Waals surface area contributed by atoms with E-state index in [1.54, 1.807) is 6.92 Å². The molecule has 0 radical (unpaired) electrons. The molecule has 1 atom stereocenters. The van der Waals surface area contributed by atoms with Gasteiger partial charge in [-0.05, 0) is 12.5 Å². The molecule has 5 nitrogen and oxygen atoms in total. The highest BCUT2D eigenvalue weighted by atomic mass is 16.5. The van der Waals surface area contributed by atoms with Crippen LogP contribution in [0.2, 0.25) is 0 Å². The Balaban J connectivity index is 2.39. The number of ether oxygens (including phenoxy) is 1. The molecule has 0 aliphatic heterocycles. The van der Waals surface area contributed by atoms with Gasteiger partial charge in [0.15, 0.2) is 12.3 Å². The molecule has 0 saturated carbocycles. The molecule has 0 aliphatic carbocycles. The van der Waals surface area contributed by atoms with Gasteiger partial charge in [-0.3, -0.25) is 9.48 Å². The molecule has 0 N–H and O–H groups in total. The molecule has 0 aliphatic rings. The van der Waals surface area contributed by atoms with Gasteiger partial charge in [-0.15, -0.1) is 0 Å². The molecule has 0 fully saturated rings. The zero-order valence-electron chi connectivity index (χ0n) is 10.5. The Hall–Kier alpha value is -2.43. The first-order chi connectivity index (χ1) is 9.26. The number of carbonyl (C=O) groups is 2. The van der Waals surface area contributed by atoms with Crippen molar-refractivity contribution in [2.45, 2.75) is 13.0 Å². The van der Waals surface area contributed by atoms with Crippen LogP contribution in [0.1, 0.15) is 28.9 Å². The maximum atomic E-state index is 12.1. The third-order valence-electron chi connectivity index (χ3n) is 2.65. The molecule has 1 heterocycles. The van der Waals surface area contributed by atoms with Crippen molar-refractivity contribution < 1.29 is 14.3 Å². The Bertz CT molecular complexity index is 563. The number of carbonyl (C=O) groups excluding carboxylic acids is 2. The number of benzene rings is 1. The first kappa shape index (κ1) is 13.0. The summed E-state index contributed by atoms with van der Waals surface area (Å²) in [6.45, 7) is 2.05. The van der Waals surface area contributed by atoms with Crippen molar-refractivity contribution in [3.63, 3.8) is 0 Å². The van der Waals surface area contributed by atoms with Crippen molar-refractivity contribution in [3.05, 3.63) is 53.9 Å². The minimum absolute atomic E-state index is 0.296. The molecule has 1 aromatic carbocycles. The van der Waals surface area contributed by atoms with E-state index in [9.17, 15) is 9.59 Å². The molecular weight excluding hydrogens is 244 g/mol. The van der Waals surface area contributed by atoms with Gasteiger partial charge in [0, 0.05) is 6.20 Å². The van der Waals surface area contributed by atoms with Crippen molar-refractivity contribution in [1.82, 2.24) is 9.78 Å². The van der Waals surface area contributed by atoms with Crippen LogP contribution in [-0.2, 0) is 9.53 Å². The fourth-order valence-electron chi connectivity index (χ4n) is 1.81. The summed E-state index contributed by atoms with van der Waals surface area (Å²) in [6.07, 6.45) is 3.64. The maximum Gasteiger partial charge on any atom is 0.335 e. The third-order valence-corrected chi connectivity index (χ3v) is 2.65. The van der Waals surface area contributed by atoms with E-state index in [4.69, 9.17) is 4.74 Å². The van der Waals surface area contributed by atoms with Crippen molar-refractivity contribution in [3.8, 4) is 0 Å². The van der Waals surface area contributed by atoms with E-state index < -0.39 is 12.0 Å². The largest absolute Gasteiger partial charge is 0.464 e. The van der Waals surface area contributed by atoms with Gasteiger partial charge >= 0.3 is 5.97 Å². The second-order valence-electron chi connectivity index (χ2n) is 3.94. The molecule has 2 aromatic rings. The molecule has 0 amide bonds. The van der Waals surface area contributed by atoms with Crippen molar-refractivity contribution in [1.29, 1.82) is 0 Å². The number of aromatic nitrogens is 2. The minimum atomic E-state index is -0.671. The Labute approximate surface area is 110 Å². The van der Waals surface area contributed by atoms with Crippen molar-refractivity contribution in [2.75, 3.05) is 6.61 Å². The van der Waals surface area contributed by atoms with Crippen LogP contribution in [0.25, 0.3) is 0 Å². The number of nitrogens with zero attached hydrogens (tertiary/aromatic N) is 2. The molecule has 5 heteroatoms. The SMILES string of the molecule is CCOC(=O)C(c1ccccc1)n1cc(C=O)cn1. The average molecular weight is 258 g/mol. The number of esters is 1. The Morgan fingerprint density at radius 1 is 1.42 bits per heavy atom. The van der Waals surface area contributed by atoms with E-state index in [1.807, 2.05) is 30.3 Å². The van der Waals surface area contributed by atoms with E-state index in [0.29, 0.717) is 18.5 Å². The van der Waals surface area contributed by atoms with Crippen molar-refractivity contribution in [2.24, 2.45) is 0 Å². The van der Waals surface area contributed by atoms with Gasteiger partial charge in [-0.2, -0.15) is 5.10 Å². The third kappa shape index (κ3) is 2.88. The lowest BCUT2D eigenvalue weighted by Gasteiger charge is -2.16. The smallest absolute Gasteiger partial charge is 0.335 e. The average Bonchev–Trinajstić information content (AvgIpc) is 2.89. The maximum absolute atomic E-state index is 12.1. The quantitative estimate of drug-likeness (QED) is 0.606. The van der Waals surface area contributed by atoms with Crippen LogP contribution >= 0.6 is 0 Å². The van der Waals surface area contributed by atoms with Crippen LogP contribution in [0.15, 0.2) is 42.7 Å². The molecule has 2 rings (SSSR count). The molecule has 1 aromatic heterocycles. The predicted molar refractivity (Wildman–Crippen MR) is 68.8 cm³/mol. The van der Waals surface area contributed by atoms with Crippen LogP contribution in [0.5, 0.6) is 0 Å². The summed E-state index contributed by atoms with van der Waals surface area (Å²) in [5.41, 5.74) is 1.19. The van der Waals surface area contributed by atoms with Gasteiger partial charge in [-0.1, -0.05) is 30.3 Å². The normalized spacial score (nSPS) is 11.8. The summed E-state index contributed by atoms with van der Waals surface area (Å²) in [5.74, 6) is -0.394. The lowest BCUT2D eigenvalue weighted by Crippen LogP contribution is -2.23. The predicted octanol–water partition coefficient (Wildman–Crippen LogP) is 1.85. The van der Waals surface area contributed by atoms with Gasteiger partial charge in [0.1, 0.15) is 0 Å². The summed E-state index contributed by atoms with van der Waals surface area (Å²) >= 11 is 0. The van der Waals surface area contributed by atoms with E-state index in [0.717, 1.165) is 5.56 Å². The van der Waals surface area contributed by atoms with E-state index in [2.05, 4.69) is 5.10 Å². The molecule has 1 unspecified atom stereocenters. The summed E-state index contributed by atoms with van der Waals surface area (Å²) < 4.78 is 6.51. The number of aldehydes is 1. The molecule has 0 bridgehead atoms. The first-order valence-electron chi connectivity index (χ1n) is 5.97. The van der Waals surface area contributed by atoms with Crippen LogP contribution in [0.3, 0.4) is 0 Å². The molecule has 98 valence electrons. The van der Waals surface area contributed by atoms with Crippen molar-refractivity contribution >= 4 is 12.3 Å². The highest BCUT2D eigenvalue weighted by Gasteiger charge is 2.24. The van der Waals surface area contributed by atoms with E-state index in [1.165, 1.54) is 17.1 Å². The summed E-state index contributed by atoms with van der Waals surface area (Å²) in [7, 11) is 0. The van der Waals surface area contributed by atoms with Crippen LogP contribution < -0.4 is 0 Å². The standard InChI is InChI=1S/C14H14N2O3/c1-2-19-14(18)13(12-6-4-3-5-7-12)16-9-11(10-17)8-15-16/h3-10,13H,2H2,1H3. The second kappa shape index (κ2) is 5.95. The van der Waals surface area contributed by atoms with Gasteiger partial charge in [0.05, 0.1) is 18.4 Å². The topological polar surface area (TPSA) is 61.2 Å². The Morgan fingerprint density at radius 3 is 2.74 bits per heavy atom. The zero-order valence-corrected chi connectivity index (χ0v) is 10.5. The monoisotopic (exact) mass is 258 g/mol. The van der Waals surface area contributed by atoms with Gasteiger partial charge in [0.25, 0.3) is 0 Å². The summed E-state index contributed by atoms with van der Waals surface area (Å²) in [5, 5.41) is 4.05. The van der Waals surface area contributed by atoms with Gasteiger partial charge in [0.2, 0.25) is 0 Å². The Kier molecular flexibility index (Phi) is 4.07. The fourth-order valence-corrected chi connectivity index (χ4v) is 1.81. The lowest BCUT2D eigenvalue weighted by atomic mass is 10.1. The highest BCUT2D eigenvalue weighted by Crippen LogP contribution is 2.19. The minimum Gasteiger partial charge on any atom is -0.464 e. The second-order valence-corrected chi connectivity index (χ2v) is 3.94.